The topological polar surface area (TPSA) is 67.5 Å². The van der Waals surface area contributed by atoms with Crippen LogP contribution in [0.4, 0.5) is 5.69 Å². The predicted octanol–water partition coefficient (Wildman–Crippen LogP) is 2.84. The molecule has 6 nitrogen and oxygen atoms in total. The zero-order valence-electron chi connectivity index (χ0n) is 16.0. The van der Waals surface area contributed by atoms with Crippen molar-refractivity contribution < 1.29 is 9.29 Å². The molecule has 1 aromatic heterocycles. The van der Waals surface area contributed by atoms with Crippen LogP contribution in [0, 0.1) is 11.3 Å². The van der Waals surface area contributed by atoms with Crippen molar-refractivity contribution in [3.63, 3.8) is 0 Å². The number of likely N-dealkylation sites (N-methyl/N-ethyl adjacent to an activating group) is 1. The molecule has 2 aromatic carbocycles. The van der Waals surface area contributed by atoms with Crippen molar-refractivity contribution in [1.82, 2.24) is 8.87 Å². The highest BCUT2D eigenvalue weighted by Crippen LogP contribution is 2.33. The first kappa shape index (κ1) is 18.7. The van der Waals surface area contributed by atoms with E-state index in [4.69, 9.17) is 10.00 Å². The van der Waals surface area contributed by atoms with Crippen molar-refractivity contribution >= 4 is 28.0 Å². The minimum Gasteiger partial charge on any atom is -0.587 e. The fourth-order valence-electron chi connectivity index (χ4n) is 3.52. The van der Waals surface area contributed by atoms with Crippen molar-refractivity contribution in [2.75, 3.05) is 45.2 Å². The number of benzene rings is 2. The van der Waals surface area contributed by atoms with Gasteiger partial charge in [0.2, 0.25) is 0 Å². The molecule has 1 atom stereocenters. The maximum absolute atomic E-state index is 13.3. The standard InChI is InChI=1S/C21H22N4O2S/c1-23-9-11-24(12-10-23)20-14-18(4-6-21(20)27-2)28(26)25-8-7-17-13-16(15-22)3-5-19(17)25/h3-8,13-14H,9-12H2,1-2H3. The first-order chi connectivity index (χ1) is 13.6. The Hall–Kier alpha value is -2.66. The van der Waals surface area contributed by atoms with Crippen LogP contribution in [0.5, 0.6) is 5.75 Å². The molecule has 0 aliphatic carbocycles. The SMILES string of the molecule is COc1ccc([S+]([O-])n2ccc3cc(C#N)ccc32)cc1N1CCN(C)CC1. The molecule has 144 valence electrons. The van der Waals surface area contributed by atoms with E-state index in [9.17, 15) is 4.55 Å². The van der Waals surface area contributed by atoms with Crippen LogP contribution in [0.15, 0.2) is 53.6 Å². The smallest absolute Gasteiger partial charge is 0.182 e. The second-order valence-corrected chi connectivity index (χ2v) is 8.26. The molecular weight excluding hydrogens is 372 g/mol. The molecule has 4 rings (SSSR count). The van der Waals surface area contributed by atoms with E-state index in [1.807, 2.05) is 42.6 Å². The van der Waals surface area contributed by atoms with Crippen LogP contribution in [0.1, 0.15) is 5.56 Å². The Morgan fingerprint density at radius 3 is 2.57 bits per heavy atom. The number of hydrogen-bond acceptors (Lipinski definition) is 5. The molecule has 1 saturated heterocycles. The molecule has 0 bridgehead atoms. The summed E-state index contributed by atoms with van der Waals surface area (Å²) in [7, 11) is 3.78. The monoisotopic (exact) mass is 394 g/mol. The highest BCUT2D eigenvalue weighted by Gasteiger charge is 2.23. The lowest BCUT2D eigenvalue weighted by Gasteiger charge is -2.34. The fraction of sp³-hybridized carbons (Fsp3) is 0.286. The van der Waals surface area contributed by atoms with E-state index >= 15 is 0 Å². The summed E-state index contributed by atoms with van der Waals surface area (Å²) < 4.78 is 20.6. The second-order valence-electron chi connectivity index (χ2n) is 6.90. The molecule has 7 heteroatoms. The number of nitrogens with zero attached hydrogens (tertiary/aromatic N) is 4. The van der Waals surface area contributed by atoms with E-state index in [1.165, 1.54) is 0 Å². The van der Waals surface area contributed by atoms with Crippen LogP contribution >= 0.6 is 0 Å². The summed E-state index contributed by atoms with van der Waals surface area (Å²) in [5, 5.41) is 9.98. The average molecular weight is 395 g/mol. The predicted molar refractivity (Wildman–Crippen MR) is 111 cm³/mol. The Kier molecular flexibility index (Phi) is 5.18. The van der Waals surface area contributed by atoms with Gasteiger partial charge in [-0.05, 0) is 43.4 Å². The van der Waals surface area contributed by atoms with Crippen molar-refractivity contribution in [1.29, 1.82) is 5.26 Å². The Morgan fingerprint density at radius 1 is 1.07 bits per heavy atom. The first-order valence-electron chi connectivity index (χ1n) is 9.15. The Morgan fingerprint density at radius 2 is 1.86 bits per heavy atom. The minimum absolute atomic E-state index is 0.595. The number of aromatic nitrogens is 1. The average Bonchev–Trinajstić information content (AvgIpc) is 3.16. The lowest BCUT2D eigenvalue weighted by Crippen LogP contribution is -2.44. The number of piperazine rings is 1. The molecule has 0 radical (unpaired) electrons. The quantitative estimate of drug-likeness (QED) is 0.637. The minimum atomic E-state index is -1.39. The molecule has 0 N–H and O–H groups in total. The van der Waals surface area contributed by atoms with Gasteiger partial charge in [-0.1, -0.05) is 0 Å². The number of hydrogen-bond donors (Lipinski definition) is 0. The third kappa shape index (κ3) is 3.42. The number of fused-ring (bicyclic) bond motifs is 1. The van der Waals surface area contributed by atoms with Crippen LogP contribution in [0.3, 0.4) is 0 Å². The van der Waals surface area contributed by atoms with Crippen molar-refractivity contribution in [2.45, 2.75) is 4.90 Å². The lowest BCUT2D eigenvalue weighted by atomic mass is 10.2. The molecule has 1 fully saturated rings. The van der Waals surface area contributed by atoms with E-state index in [0.29, 0.717) is 5.56 Å². The number of nitriles is 1. The number of ether oxygens (including phenoxy) is 1. The largest absolute Gasteiger partial charge is 0.587 e. The first-order valence-corrected chi connectivity index (χ1v) is 10.3. The zero-order valence-corrected chi connectivity index (χ0v) is 16.8. The molecule has 1 aliphatic heterocycles. The molecule has 28 heavy (non-hydrogen) atoms. The molecule has 3 aromatic rings. The maximum Gasteiger partial charge on any atom is 0.182 e. The van der Waals surface area contributed by atoms with E-state index in [-0.39, 0.29) is 0 Å². The van der Waals surface area contributed by atoms with Gasteiger partial charge in [0.25, 0.3) is 0 Å². The van der Waals surface area contributed by atoms with Gasteiger partial charge >= 0.3 is 0 Å². The van der Waals surface area contributed by atoms with Gasteiger partial charge in [-0.15, -0.1) is 0 Å². The van der Waals surface area contributed by atoms with Crippen LogP contribution < -0.4 is 9.64 Å². The second kappa shape index (κ2) is 7.76. The lowest BCUT2D eigenvalue weighted by molar-refractivity contribution is 0.311. The van der Waals surface area contributed by atoms with Crippen LogP contribution in [-0.2, 0) is 11.4 Å². The van der Waals surface area contributed by atoms with Gasteiger partial charge in [0.1, 0.15) is 17.1 Å². The number of methoxy groups -OCH3 is 1. The van der Waals surface area contributed by atoms with Crippen molar-refractivity contribution in [2.24, 2.45) is 0 Å². The molecular formula is C21H22N4O2S. The summed E-state index contributed by atoms with van der Waals surface area (Å²) in [5.74, 6) is 0.793. The summed E-state index contributed by atoms with van der Waals surface area (Å²) in [6.07, 6.45) is 1.81. The van der Waals surface area contributed by atoms with E-state index in [1.54, 1.807) is 17.1 Å². The van der Waals surface area contributed by atoms with Crippen molar-refractivity contribution in [3.05, 3.63) is 54.2 Å². The Labute approximate surface area is 167 Å². The van der Waals surface area contributed by atoms with Gasteiger partial charge in [0.05, 0.1) is 36.1 Å². The summed E-state index contributed by atoms with van der Waals surface area (Å²) in [5.41, 5.74) is 2.41. The third-order valence-electron chi connectivity index (χ3n) is 5.16. The van der Waals surface area contributed by atoms with Gasteiger partial charge in [-0.3, -0.25) is 0 Å². The fourth-order valence-corrected chi connectivity index (χ4v) is 4.66. The van der Waals surface area contributed by atoms with E-state index in [0.717, 1.165) is 53.4 Å². The number of rotatable bonds is 4. The third-order valence-corrected chi connectivity index (χ3v) is 6.49. The zero-order chi connectivity index (χ0) is 19.7. The van der Waals surface area contributed by atoms with E-state index in [2.05, 4.69) is 22.9 Å². The molecule has 0 saturated carbocycles. The Bertz CT molecular complexity index is 1030. The molecule has 0 spiro atoms. The summed E-state index contributed by atoms with van der Waals surface area (Å²) in [6, 6.07) is 15.1. The van der Waals surface area contributed by atoms with E-state index < -0.39 is 11.4 Å². The molecule has 0 amide bonds. The van der Waals surface area contributed by atoms with Gasteiger partial charge in [0.15, 0.2) is 4.90 Å². The maximum atomic E-state index is 13.3. The van der Waals surface area contributed by atoms with Gasteiger partial charge in [0, 0.05) is 37.6 Å². The van der Waals surface area contributed by atoms with Crippen molar-refractivity contribution in [3.8, 4) is 11.8 Å². The molecule has 1 unspecified atom stereocenters. The van der Waals surface area contributed by atoms with Gasteiger partial charge in [-0.25, -0.2) is 0 Å². The highest BCUT2D eigenvalue weighted by atomic mass is 32.2. The molecule has 1 aliphatic rings. The van der Waals surface area contributed by atoms with Crippen LogP contribution in [0.2, 0.25) is 0 Å². The summed E-state index contributed by atoms with van der Waals surface area (Å²) in [6.45, 7) is 3.79. The van der Waals surface area contributed by atoms with Crippen LogP contribution in [-0.4, -0.2) is 53.8 Å². The summed E-state index contributed by atoms with van der Waals surface area (Å²) in [4.78, 5) is 5.30. The van der Waals surface area contributed by atoms with Crippen LogP contribution in [0.25, 0.3) is 10.9 Å². The van der Waals surface area contributed by atoms with Gasteiger partial charge in [-0.2, -0.15) is 9.23 Å². The Balaban J connectivity index is 1.69. The highest BCUT2D eigenvalue weighted by molar-refractivity contribution is 7.90. The van der Waals surface area contributed by atoms with Gasteiger partial charge < -0.3 is 19.1 Å². The number of anilines is 1. The summed E-state index contributed by atoms with van der Waals surface area (Å²) >= 11 is -1.39. The molecule has 2 heterocycles. The normalized spacial score (nSPS) is 16.1.